The number of aromatic nitrogens is 1. The zero-order chi connectivity index (χ0) is 23.6. The molecule has 3 aromatic rings. The standard InChI is InChI=1S/C24H24N2O7/c1-29-19-7-5-18(13-22(19)32-14-16-8-10-25-11-9-16)26-24(28)17-4-6-20(21(12-17)30-2)33-15-23(27)31-3/h4-13H,14-15H2,1-3H3,(H,26,28). The molecule has 9 heteroatoms. The fourth-order valence-corrected chi connectivity index (χ4v) is 2.83. The number of esters is 1. The average Bonchev–Trinajstić information content (AvgIpc) is 2.86. The zero-order valence-electron chi connectivity index (χ0n) is 18.5. The minimum atomic E-state index is -0.527. The van der Waals surface area contributed by atoms with E-state index in [1.807, 2.05) is 12.1 Å². The third-order valence-electron chi connectivity index (χ3n) is 4.56. The molecule has 2 aromatic carbocycles. The molecule has 1 heterocycles. The topological polar surface area (TPSA) is 105 Å². The van der Waals surface area contributed by atoms with Crippen molar-refractivity contribution in [3.63, 3.8) is 0 Å². The van der Waals surface area contributed by atoms with Crippen molar-refractivity contribution >= 4 is 17.6 Å². The second-order valence-electron chi connectivity index (χ2n) is 6.69. The van der Waals surface area contributed by atoms with E-state index in [0.717, 1.165) is 5.56 Å². The highest BCUT2D eigenvalue weighted by atomic mass is 16.6. The third-order valence-corrected chi connectivity index (χ3v) is 4.56. The summed E-state index contributed by atoms with van der Waals surface area (Å²) in [5.41, 5.74) is 1.81. The Morgan fingerprint density at radius 1 is 0.818 bits per heavy atom. The molecule has 1 N–H and O–H groups in total. The average molecular weight is 452 g/mol. The van der Waals surface area contributed by atoms with Gasteiger partial charge in [0, 0.05) is 29.7 Å². The number of pyridine rings is 1. The molecule has 33 heavy (non-hydrogen) atoms. The predicted molar refractivity (Wildman–Crippen MR) is 120 cm³/mol. The molecule has 0 aliphatic carbocycles. The number of methoxy groups -OCH3 is 3. The molecule has 0 aliphatic heterocycles. The fraction of sp³-hybridized carbons (Fsp3) is 0.208. The van der Waals surface area contributed by atoms with Crippen LogP contribution in [0.1, 0.15) is 15.9 Å². The number of hydrogen-bond acceptors (Lipinski definition) is 8. The van der Waals surface area contributed by atoms with Crippen LogP contribution in [0.2, 0.25) is 0 Å². The Hall–Kier alpha value is -4.27. The van der Waals surface area contributed by atoms with E-state index in [1.165, 1.54) is 20.3 Å². The van der Waals surface area contributed by atoms with Crippen molar-refractivity contribution < 1.29 is 33.3 Å². The van der Waals surface area contributed by atoms with Crippen LogP contribution in [0.3, 0.4) is 0 Å². The third kappa shape index (κ3) is 6.36. The highest BCUT2D eigenvalue weighted by Crippen LogP contribution is 2.32. The van der Waals surface area contributed by atoms with E-state index in [4.69, 9.17) is 18.9 Å². The first-order valence-corrected chi connectivity index (χ1v) is 9.92. The molecular formula is C24H24N2O7. The van der Waals surface area contributed by atoms with Gasteiger partial charge in [-0.1, -0.05) is 0 Å². The Kier molecular flexibility index (Phi) is 8.07. The summed E-state index contributed by atoms with van der Waals surface area (Å²) in [7, 11) is 4.26. The van der Waals surface area contributed by atoms with Gasteiger partial charge in [-0.05, 0) is 48.0 Å². The minimum absolute atomic E-state index is 0.271. The maximum absolute atomic E-state index is 12.8. The number of nitrogens with zero attached hydrogens (tertiary/aromatic N) is 1. The SMILES string of the molecule is COC(=O)COc1ccc(C(=O)Nc2ccc(OC)c(OCc3ccncc3)c2)cc1OC. The summed E-state index contributed by atoms with van der Waals surface area (Å²) in [4.78, 5) is 28.1. The Bertz CT molecular complexity index is 1100. The van der Waals surface area contributed by atoms with Crippen LogP contribution in [0.4, 0.5) is 5.69 Å². The first-order valence-electron chi connectivity index (χ1n) is 9.92. The van der Waals surface area contributed by atoms with Crippen LogP contribution >= 0.6 is 0 Å². The number of rotatable bonds is 10. The van der Waals surface area contributed by atoms with Crippen LogP contribution in [-0.4, -0.2) is 44.8 Å². The second kappa shape index (κ2) is 11.4. The highest BCUT2D eigenvalue weighted by molar-refractivity contribution is 6.04. The van der Waals surface area contributed by atoms with Gasteiger partial charge < -0.3 is 29.0 Å². The molecule has 0 atom stereocenters. The quantitative estimate of drug-likeness (QED) is 0.466. The van der Waals surface area contributed by atoms with Crippen LogP contribution in [0, 0.1) is 0 Å². The Balaban J connectivity index is 1.72. The largest absolute Gasteiger partial charge is 0.493 e. The lowest BCUT2D eigenvalue weighted by Gasteiger charge is -2.14. The van der Waals surface area contributed by atoms with Gasteiger partial charge in [-0.15, -0.1) is 0 Å². The van der Waals surface area contributed by atoms with Crippen molar-refractivity contribution in [3.05, 3.63) is 72.1 Å². The predicted octanol–water partition coefficient (Wildman–Crippen LogP) is 3.48. The lowest BCUT2D eigenvalue weighted by Crippen LogP contribution is -2.14. The van der Waals surface area contributed by atoms with Crippen LogP contribution in [-0.2, 0) is 16.1 Å². The van der Waals surface area contributed by atoms with E-state index in [-0.39, 0.29) is 12.5 Å². The number of amides is 1. The summed E-state index contributed by atoms with van der Waals surface area (Å²) in [6, 6.07) is 13.4. The molecule has 0 spiro atoms. The van der Waals surface area contributed by atoms with Crippen LogP contribution in [0.5, 0.6) is 23.0 Å². The number of carbonyl (C=O) groups is 2. The van der Waals surface area contributed by atoms with Gasteiger partial charge in [-0.2, -0.15) is 0 Å². The molecular weight excluding hydrogens is 428 g/mol. The van der Waals surface area contributed by atoms with Crippen LogP contribution in [0.25, 0.3) is 0 Å². The number of hydrogen-bond donors (Lipinski definition) is 1. The van der Waals surface area contributed by atoms with Gasteiger partial charge in [0.1, 0.15) is 6.61 Å². The summed E-state index contributed by atoms with van der Waals surface area (Å²) < 4.78 is 26.4. The molecule has 3 rings (SSSR count). The summed E-state index contributed by atoms with van der Waals surface area (Å²) in [5, 5.41) is 2.82. The lowest BCUT2D eigenvalue weighted by molar-refractivity contribution is -0.142. The van der Waals surface area contributed by atoms with Crippen molar-refractivity contribution in [2.24, 2.45) is 0 Å². The van der Waals surface area contributed by atoms with E-state index in [9.17, 15) is 9.59 Å². The number of carbonyl (C=O) groups excluding carboxylic acids is 2. The van der Waals surface area contributed by atoms with Gasteiger partial charge in [-0.3, -0.25) is 9.78 Å². The van der Waals surface area contributed by atoms with E-state index >= 15 is 0 Å². The summed E-state index contributed by atoms with van der Waals surface area (Å²) in [6.45, 7) is 0.0486. The van der Waals surface area contributed by atoms with Gasteiger partial charge in [-0.25, -0.2) is 4.79 Å². The van der Waals surface area contributed by atoms with Crippen molar-refractivity contribution in [1.82, 2.24) is 4.98 Å². The molecule has 0 bridgehead atoms. The molecule has 0 unspecified atom stereocenters. The smallest absolute Gasteiger partial charge is 0.343 e. The number of anilines is 1. The molecule has 9 nitrogen and oxygen atoms in total. The monoisotopic (exact) mass is 452 g/mol. The second-order valence-corrected chi connectivity index (χ2v) is 6.69. The van der Waals surface area contributed by atoms with E-state index in [0.29, 0.717) is 40.9 Å². The maximum atomic E-state index is 12.8. The van der Waals surface area contributed by atoms with Gasteiger partial charge in [0.2, 0.25) is 0 Å². The summed E-state index contributed by atoms with van der Waals surface area (Å²) >= 11 is 0. The van der Waals surface area contributed by atoms with Crippen molar-refractivity contribution in [3.8, 4) is 23.0 Å². The zero-order valence-corrected chi connectivity index (χ0v) is 18.5. The van der Waals surface area contributed by atoms with E-state index in [2.05, 4.69) is 15.0 Å². The van der Waals surface area contributed by atoms with Gasteiger partial charge in [0.15, 0.2) is 29.6 Å². The normalized spacial score (nSPS) is 10.2. The van der Waals surface area contributed by atoms with Crippen LogP contribution < -0.4 is 24.3 Å². The summed E-state index contributed by atoms with van der Waals surface area (Å²) in [5.74, 6) is 0.754. The highest BCUT2D eigenvalue weighted by Gasteiger charge is 2.14. The first kappa shape index (κ1) is 23.4. The maximum Gasteiger partial charge on any atom is 0.343 e. The van der Waals surface area contributed by atoms with Gasteiger partial charge in [0.25, 0.3) is 5.91 Å². The first-order chi connectivity index (χ1) is 16.0. The molecule has 0 fully saturated rings. The molecule has 172 valence electrons. The van der Waals surface area contributed by atoms with Crippen LogP contribution in [0.15, 0.2) is 60.9 Å². The van der Waals surface area contributed by atoms with Gasteiger partial charge >= 0.3 is 5.97 Å². The van der Waals surface area contributed by atoms with Crippen molar-refractivity contribution in [2.45, 2.75) is 6.61 Å². The van der Waals surface area contributed by atoms with Gasteiger partial charge in [0.05, 0.1) is 21.3 Å². The number of ether oxygens (including phenoxy) is 5. The summed E-state index contributed by atoms with van der Waals surface area (Å²) in [6.07, 6.45) is 3.37. The molecule has 0 aliphatic rings. The van der Waals surface area contributed by atoms with Crippen molar-refractivity contribution in [2.75, 3.05) is 33.3 Å². The molecule has 1 amide bonds. The fourth-order valence-electron chi connectivity index (χ4n) is 2.83. The van der Waals surface area contributed by atoms with Crippen molar-refractivity contribution in [1.29, 1.82) is 0 Å². The molecule has 0 saturated carbocycles. The molecule has 0 radical (unpaired) electrons. The lowest BCUT2D eigenvalue weighted by atomic mass is 10.1. The Morgan fingerprint density at radius 2 is 1.55 bits per heavy atom. The van der Waals surface area contributed by atoms with E-state index < -0.39 is 5.97 Å². The number of benzene rings is 2. The minimum Gasteiger partial charge on any atom is -0.493 e. The number of nitrogens with one attached hydrogen (secondary N) is 1. The Morgan fingerprint density at radius 3 is 2.24 bits per heavy atom. The van der Waals surface area contributed by atoms with E-state index in [1.54, 1.807) is 49.8 Å². The molecule has 0 saturated heterocycles. The molecule has 1 aromatic heterocycles. The Labute approximate surface area is 191 Å².